The molecule has 5 heteroatoms. The Balaban J connectivity index is 1.76. The topological polar surface area (TPSA) is 46.2 Å². The zero-order valence-corrected chi connectivity index (χ0v) is 12.5. The van der Waals surface area contributed by atoms with Crippen LogP contribution in [0.1, 0.15) is 17.4 Å². The number of benzene rings is 1. The molecule has 2 heterocycles. The van der Waals surface area contributed by atoms with Gasteiger partial charge in [0.2, 0.25) is 5.88 Å². The molecule has 3 rings (SSSR count). The molecule has 1 unspecified atom stereocenters. The molecule has 1 aromatic heterocycles. The molecule has 0 saturated carbocycles. The van der Waals surface area contributed by atoms with Gasteiger partial charge < -0.3 is 15.4 Å². The van der Waals surface area contributed by atoms with Gasteiger partial charge in [-0.2, -0.15) is 0 Å². The van der Waals surface area contributed by atoms with Crippen molar-refractivity contribution in [2.45, 2.75) is 6.17 Å². The van der Waals surface area contributed by atoms with Crippen molar-refractivity contribution in [2.75, 3.05) is 7.11 Å². The van der Waals surface area contributed by atoms with Gasteiger partial charge in [-0.25, -0.2) is 4.98 Å². The van der Waals surface area contributed by atoms with Crippen molar-refractivity contribution in [2.24, 2.45) is 0 Å². The van der Waals surface area contributed by atoms with E-state index >= 15 is 0 Å². The number of hydrogen-bond donors (Lipinski definition) is 2. The lowest BCUT2D eigenvalue weighted by Crippen LogP contribution is -2.23. The van der Waals surface area contributed by atoms with Gasteiger partial charge in [-0.1, -0.05) is 34.1 Å². The summed E-state index contributed by atoms with van der Waals surface area (Å²) < 4.78 is 6.22. The van der Waals surface area contributed by atoms with E-state index in [0.29, 0.717) is 5.88 Å². The summed E-state index contributed by atoms with van der Waals surface area (Å²) in [7, 11) is 1.62. The molecule has 0 aliphatic carbocycles. The van der Waals surface area contributed by atoms with E-state index in [1.54, 1.807) is 7.11 Å². The van der Waals surface area contributed by atoms with Gasteiger partial charge in [0.1, 0.15) is 6.17 Å². The van der Waals surface area contributed by atoms with Crippen LogP contribution < -0.4 is 15.4 Å². The molecule has 0 bridgehead atoms. The lowest BCUT2D eigenvalue weighted by atomic mass is 10.2. The van der Waals surface area contributed by atoms with Crippen LogP contribution in [0.3, 0.4) is 0 Å². The zero-order valence-electron chi connectivity index (χ0n) is 10.9. The predicted molar refractivity (Wildman–Crippen MR) is 81.9 cm³/mol. The minimum absolute atomic E-state index is 0.0382. The third-order valence-corrected chi connectivity index (χ3v) is 3.63. The number of halogens is 1. The fraction of sp³-hybridized carbons (Fsp3) is 0.133. The number of ether oxygens (including phenoxy) is 1. The largest absolute Gasteiger partial charge is 0.481 e. The second-order valence-electron chi connectivity index (χ2n) is 4.41. The summed E-state index contributed by atoms with van der Waals surface area (Å²) >= 11 is 3.44. The molecular weight excluding hydrogens is 318 g/mol. The van der Waals surface area contributed by atoms with Crippen LogP contribution in [0.25, 0.3) is 5.70 Å². The van der Waals surface area contributed by atoms with Crippen LogP contribution in [-0.4, -0.2) is 12.1 Å². The van der Waals surface area contributed by atoms with E-state index in [1.807, 2.05) is 36.5 Å². The summed E-state index contributed by atoms with van der Waals surface area (Å²) in [5.74, 6) is 0.614. The molecule has 0 radical (unpaired) electrons. The van der Waals surface area contributed by atoms with Crippen molar-refractivity contribution in [3.05, 3.63) is 64.4 Å². The van der Waals surface area contributed by atoms with Crippen LogP contribution in [-0.2, 0) is 0 Å². The van der Waals surface area contributed by atoms with E-state index < -0.39 is 0 Å². The molecule has 0 fully saturated rings. The van der Waals surface area contributed by atoms with E-state index in [9.17, 15) is 0 Å². The second-order valence-corrected chi connectivity index (χ2v) is 5.33. The highest BCUT2D eigenvalue weighted by atomic mass is 79.9. The summed E-state index contributed by atoms with van der Waals surface area (Å²) in [5.41, 5.74) is 3.07. The third kappa shape index (κ3) is 2.63. The molecule has 0 spiro atoms. The SMILES string of the molecule is COc1cccc(C2NC=C(c3ccc(Br)cc3)N2)n1. The summed E-state index contributed by atoms with van der Waals surface area (Å²) in [6, 6.07) is 13.9. The molecule has 1 aromatic carbocycles. The second kappa shape index (κ2) is 5.54. The van der Waals surface area contributed by atoms with Crippen LogP contribution in [0.2, 0.25) is 0 Å². The van der Waals surface area contributed by atoms with E-state index in [2.05, 4.69) is 43.7 Å². The summed E-state index contributed by atoms with van der Waals surface area (Å²) in [6.45, 7) is 0. The van der Waals surface area contributed by atoms with E-state index in [1.165, 1.54) is 0 Å². The molecule has 4 nitrogen and oxygen atoms in total. The highest BCUT2D eigenvalue weighted by Crippen LogP contribution is 2.23. The molecule has 0 saturated heterocycles. The minimum atomic E-state index is -0.0382. The maximum absolute atomic E-state index is 5.15. The van der Waals surface area contributed by atoms with Gasteiger partial charge in [-0.15, -0.1) is 0 Å². The van der Waals surface area contributed by atoms with E-state index in [4.69, 9.17) is 4.74 Å². The first-order valence-corrected chi connectivity index (χ1v) is 7.05. The van der Waals surface area contributed by atoms with Crippen molar-refractivity contribution in [1.29, 1.82) is 0 Å². The van der Waals surface area contributed by atoms with Crippen LogP contribution in [0.15, 0.2) is 53.1 Å². The maximum Gasteiger partial charge on any atom is 0.213 e. The number of nitrogens with one attached hydrogen (secondary N) is 2. The molecule has 2 N–H and O–H groups in total. The maximum atomic E-state index is 5.15. The molecule has 2 aromatic rings. The molecule has 1 aliphatic rings. The van der Waals surface area contributed by atoms with Crippen LogP contribution in [0.4, 0.5) is 0 Å². The lowest BCUT2D eigenvalue weighted by Gasteiger charge is -2.14. The van der Waals surface area contributed by atoms with Crippen molar-refractivity contribution in [3.8, 4) is 5.88 Å². The first kappa shape index (κ1) is 13.0. The first-order valence-electron chi connectivity index (χ1n) is 6.26. The molecule has 1 atom stereocenters. The number of rotatable bonds is 3. The summed E-state index contributed by atoms with van der Waals surface area (Å²) in [5, 5.41) is 6.70. The van der Waals surface area contributed by atoms with Crippen molar-refractivity contribution in [1.82, 2.24) is 15.6 Å². The Hall–Kier alpha value is -2.01. The van der Waals surface area contributed by atoms with Gasteiger partial charge in [0, 0.05) is 16.7 Å². The van der Waals surface area contributed by atoms with Crippen molar-refractivity contribution >= 4 is 21.6 Å². The van der Waals surface area contributed by atoms with Crippen molar-refractivity contribution < 1.29 is 4.74 Å². The molecule has 20 heavy (non-hydrogen) atoms. The number of methoxy groups -OCH3 is 1. The van der Waals surface area contributed by atoms with Crippen LogP contribution in [0, 0.1) is 0 Å². The number of aromatic nitrogens is 1. The Bertz CT molecular complexity index is 640. The van der Waals surface area contributed by atoms with E-state index in [0.717, 1.165) is 21.4 Å². The Labute approximate surface area is 126 Å². The van der Waals surface area contributed by atoms with Gasteiger partial charge in [-0.3, -0.25) is 0 Å². The first-order chi connectivity index (χ1) is 9.76. The number of nitrogens with zero attached hydrogens (tertiary/aromatic N) is 1. The normalized spacial score (nSPS) is 17.1. The predicted octanol–water partition coefficient (Wildman–Crippen LogP) is 3.04. The van der Waals surface area contributed by atoms with Crippen LogP contribution in [0.5, 0.6) is 5.88 Å². The highest BCUT2D eigenvalue weighted by molar-refractivity contribution is 9.10. The zero-order chi connectivity index (χ0) is 13.9. The Morgan fingerprint density at radius 1 is 1.15 bits per heavy atom. The lowest BCUT2D eigenvalue weighted by molar-refractivity contribution is 0.393. The summed E-state index contributed by atoms with van der Waals surface area (Å²) in [6.07, 6.45) is 1.93. The molecule has 1 aliphatic heterocycles. The fourth-order valence-electron chi connectivity index (χ4n) is 2.07. The molecule has 102 valence electrons. The molecular formula is C15H14BrN3O. The molecule has 0 amide bonds. The standard InChI is InChI=1S/C15H14BrN3O/c1-20-14-4-2-3-12(18-14)15-17-9-13(19-15)10-5-7-11(16)8-6-10/h2-9,15,17,19H,1H3. The average Bonchev–Trinajstić information content (AvgIpc) is 2.98. The van der Waals surface area contributed by atoms with Gasteiger partial charge in [0.05, 0.1) is 18.5 Å². The third-order valence-electron chi connectivity index (χ3n) is 3.10. The fourth-order valence-corrected chi connectivity index (χ4v) is 2.33. The number of hydrogen-bond acceptors (Lipinski definition) is 4. The highest BCUT2D eigenvalue weighted by Gasteiger charge is 2.19. The van der Waals surface area contributed by atoms with Crippen LogP contribution >= 0.6 is 15.9 Å². The minimum Gasteiger partial charge on any atom is -0.481 e. The van der Waals surface area contributed by atoms with E-state index in [-0.39, 0.29) is 6.17 Å². The quantitative estimate of drug-likeness (QED) is 0.907. The summed E-state index contributed by atoms with van der Waals surface area (Å²) in [4.78, 5) is 4.43. The smallest absolute Gasteiger partial charge is 0.213 e. The number of pyridine rings is 1. The van der Waals surface area contributed by atoms with Gasteiger partial charge in [0.25, 0.3) is 0 Å². The van der Waals surface area contributed by atoms with Crippen molar-refractivity contribution in [3.63, 3.8) is 0 Å². The monoisotopic (exact) mass is 331 g/mol. The van der Waals surface area contributed by atoms with Gasteiger partial charge in [0.15, 0.2) is 0 Å². The Kier molecular flexibility index (Phi) is 3.60. The van der Waals surface area contributed by atoms with Gasteiger partial charge in [-0.05, 0) is 23.8 Å². The Morgan fingerprint density at radius 3 is 2.70 bits per heavy atom. The average molecular weight is 332 g/mol. The van der Waals surface area contributed by atoms with Gasteiger partial charge >= 0.3 is 0 Å². The Morgan fingerprint density at radius 2 is 1.95 bits per heavy atom.